The Balaban J connectivity index is 2.60. The number of nitrogens with zero attached hydrogens (tertiary/aromatic N) is 1. The molecule has 0 saturated heterocycles. The Bertz CT molecular complexity index is 558. The van der Waals surface area contributed by atoms with Crippen LogP contribution in [0.3, 0.4) is 0 Å². The maximum absolute atomic E-state index is 9.27. The number of aliphatic hydroxyl groups is 1. The second-order valence-corrected chi connectivity index (χ2v) is 4.73. The molecule has 0 bridgehead atoms. The van der Waals surface area contributed by atoms with Gasteiger partial charge in [-0.05, 0) is 56.2 Å². The van der Waals surface area contributed by atoms with Crippen LogP contribution in [0, 0.1) is 20.8 Å². The topological polar surface area (TPSA) is 25.2 Å². The van der Waals surface area contributed by atoms with Crippen LogP contribution >= 0.6 is 11.6 Å². The van der Waals surface area contributed by atoms with Gasteiger partial charge in [0.25, 0.3) is 0 Å². The Morgan fingerprint density at radius 1 is 1.18 bits per heavy atom. The second-order valence-electron chi connectivity index (χ2n) is 4.32. The fourth-order valence-electron chi connectivity index (χ4n) is 2.15. The van der Waals surface area contributed by atoms with Crippen molar-refractivity contribution in [2.75, 3.05) is 0 Å². The van der Waals surface area contributed by atoms with Gasteiger partial charge in [0.15, 0.2) is 0 Å². The molecule has 0 aliphatic carbocycles. The number of hydrogen-bond donors (Lipinski definition) is 1. The van der Waals surface area contributed by atoms with Crippen molar-refractivity contribution < 1.29 is 5.11 Å². The molecule has 0 aliphatic heterocycles. The molecule has 17 heavy (non-hydrogen) atoms. The van der Waals surface area contributed by atoms with Gasteiger partial charge in [-0.3, -0.25) is 0 Å². The zero-order chi connectivity index (χ0) is 12.6. The van der Waals surface area contributed by atoms with E-state index in [-0.39, 0.29) is 6.61 Å². The van der Waals surface area contributed by atoms with E-state index < -0.39 is 0 Å². The molecule has 90 valence electrons. The molecule has 0 amide bonds. The molecule has 0 atom stereocenters. The lowest BCUT2D eigenvalue weighted by Crippen LogP contribution is -2.00. The Kier molecular flexibility index (Phi) is 3.27. The molecular weight excluding hydrogens is 234 g/mol. The van der Waals surface area contributed by atoms with Gasteiger partial charge < -0.3 is 9.67 Å². The highest BCUT2D eigenvalue weighted by molar-refractivity contribution is 6.31. The summed E-state index contributed by atoms with van der Waals surface area (Å²) in [5, 5.41) is 10.0. The molecule has 2 aromatic rings. The highest BCUT2D eigenvalue weighted by Gasteiger charge is 2.10. The maximum Gasteiger partial charge on any atom is 0.0699 e. The Hall–Kier alpha value is -1.25. The highest BCUT2D eigenvalue weighted by atomic mass is 35.5. The van der Waals surface area contributed by atoms with E-state index in [9.17, 15) is 5.11 Å². The summed E-state index contributed by atoms with van der Waals surface area (Å²) in [5.41, 5.74) is 5.30. The summed E-state index contributed by atoms with van der Waals surface area (Å²) >= 11 is 6.03. The largest absolute Gasteiger partial charge is 0.392 e. The third-order valence-corrected chi connectivity index (χ3v) is 3.53. The lowest BCUT2D eigenvalue weighted by molar-refractivity contribution is 0.281. The van der Waals surface area contributed by atoms with Gasteiger partial charge in [-0.2, -0.15) is 0 Å². The third-order valence-electron chi connectivity index (χ3n) is 3.11. The van der Waals surface area contributed by atoms with Crippen molar-refractivity contribution in [3.05, 3.63) is 51.8 Å². The molecular formula is C14H16ClNO. The minimum atomic E-state index is 0.0756. The van der Waals surface area contributed by atoms with Crippen molar-refractivity contribution in [1.29, 1.82) is 0 Å². The molecule has 2 rings (SSSR count). The maximum atomic E-state index is 9.27. The SMILES string of the molecule is Cc1cc(-n2c(C)cc(CO)c2C)ccc1Cl. The molecule has 1 N–H and O–H groups in total. The van der Waals surface area contributed by atoms with Crippen LogP contribution in [0.15, 0.2) is 24.3 Å². The van der Waals surface area contributed by atoms with E-state index in [0.29, 0.717) is 0 Å². The van der Waals surface area contributed by atoms with Crippen molar-refractivity contribution in [2.45, 2.75) is 27.4 Å². The van der Waals surface area contributed by atoms with E-state index >= 15 is 0 Å². The molecule has 0 unspecified atom stereocenters. The zero-order valence-electron chi connectivity index (χ0n) is 10.3. The van der Waals surface area contributed by atoms with Crippen LogP contribution in [0.4, 0.5) is 0 Å². The van der Waals surface area contributed by atoms with Gasteiger partial charge in [0.1, 0.15) is 0 Å². The van der Waals surface area contributed by atoms with Gasteiger partial charge in [-0.15, -0.1) is 0 Å². The Labute approximate surface area is 106 Å². The molecule has 2 nitrogen and oxygen atoms in total. The predicted octanol–water partition coefficient (Wildman–Crippen LogP) is 3.55. The molecule has 0 saturated carbocycles. The molecule has 1 aromatic carbocycles. The molecule has 1 aromatic heterocycles. The number of hydrogen-bond acceptors (Lipinski definition) is 1. The lowest BCUT2D eigenvalue weighted by Gasteiger charge is -2.11. The first kappa shape index (κ1) is 12.2. The normalized spacial score (nSPS) is 10.9. The first-order valence-corrected chi connectivity index (χ1v) is 5.97. The van der Waals surface area contributed by atoms with Crippen LogP contribution < -0.4 is 0 Å². The second kappa shape index (κ2) is 4.55. The summed E-state index contributed by atoms with van der Waals surface area (Å²) in [6.07, 6.45) is 0. The molecule has 0 radical (unpaired) electrons. The quantitative estimate of drug-likeness (QED) is 0.865. The van der Waals surface area contributed by atoms with Crippen LogP contribution in [-0.4, -0.2) is 9.67 Å². The van der Waals surface area contributed by atoms with Crippen LogP contribution in [-0.2, 0) is 6.61 Å². The first-order valence-electron chi connectivity index (χ1n) is 5.59. The van der Waals surface area contributed by atoms with Gasteiger partial charge >= 0.3 is 0 Å². The minimum Gasteiger partial charge on any atom is -0.392 e. The number of benzene rings is 1. The van der Waals surface area contributed by atoms with E-state index in [4.69, 9.17) is 11.6 Å². The van der Waals surface area contributed by atoms with Crippen molar-refractivity contribution in [1.82, 2.24) is 4.57 Å². The standard InChI is InChI=1S/C14H16ClNO/c1-9-6-13(4-5-14(9)15)16-10(2)7-12(8-17)11(16)3/h4-7,17H,8H2,1-3H3. The van der Waals surface area contributed by atoms with Gasteiger partial charge in [0.05, 0.1) is 6.61 Å². The summed E-state index contributed by atoms with van der Waals surface area (Å²) in [7, 11) is 0. The van der Waals surface area contributed by atoms with E-state index in [0.717, 1.165) is 33.2 Å². The summed E-state index contributed by atoms with van der Waals surface area (Å²) in [6.45, 7) is 6.12. The first-order chi connectivity index (χ1) is 8.04. The van der Waals surface area contributed by atoms with E-state index in [1.165, 1.54) is 0 Å². The van der Waals surface area contributed by atoms with Crippen LogP contribution in [0.5, 0.6) is 0 Å². The zero-order valence-corrected chi connectivity index (χ0v) is 11.0. The molecule has 0 fully saturated rings. The summed E-state index contributed by atoms with van der Waals surface area (Å²) in [4.78, 5) is 0. The van der Waals surface area contributed by atoms with Gasteiger partial charge in [0.2, 0.25) is 0 Å². The van der Waals surface area contributed by atoms with Crippen LogP contribution in [0.25, 0.3) is 5.69 Å². The lowest BCUT2D eigenvalue weighted by atomic mass is 10.2. The Morgan fingerprint density at radius 2 is 1.88 bits per heavy atom. The van der Waals surface area contributed by atoms with E-state index in [1.807, 2.05) is 39.0 Å². The average Bonchev–Trinajstić information content (AvgIpc) is 2.58. The number of rotatable bonds is 2. The van der Waals surface area contributed by atoms with Crippen LogP contribution in [0.1, 0.15) is 22.5 Å². The number of aliphatic hydroxyl groups excluding tert-OH is 1. The van der Waals surface area contributed by atoms with Crippen molar-refractivity contribution in [3.63, 3.8) is 0 Å². The molecule has 0 spiro atoms. The summed E-state index contributed by atoms with van der Waals surface area (Å²) in [5.74, 6) is 0. The van der Waals surface area contributed by atoms with Crippen molar-refractivity contribution in [3.8, 4) is 5.69 Å². The van der Waals surface area contributed by atoms with E-state index in [2.05, 4.69) is 10.6 Å². The average molecular weight is 250 g/mol. The minimum absolute atomic E-state index is 0.0756. The summed E-state index contributed by atoms with van der Waals surface area (Å²) < 4.78 is 2.13. The molecule has 1 heterocycles. The highest BCUT2D eigenvalue weighted by Crippen LogP contribution is 2.24. The monoisotopic (exact) mass is 249 g/mol. The predicted molar refractivity (Wildman–Crippen MR) is 70.9 cm³/mol. The third kappa shape index (κ3) is 2.11. The number of aryl methyl sites for hydroxylation is 2. The Morgan fingerprint density at radius 3 is 2.41 bits per heavy atom. The van der Waals surface area contributed by atoms with Crippen molar-refractivity contribution >= 4 is 11.6 Å². The molecule has 3 heteroatoms. The fourth-order valence-corrected chi connectivity index (χ4v) is 2.27. The summed E-state index contributed by atoms with van der Waals surface area (Å²) in [6, 6.07) is 7.98. The van der Waals surface area contributed by atoms with Crippen LogP contribution in [0.2, 0.25) is 5.02 Å². The van der Waals surface area contributed by atoms with Gasteiger partial charge in [-0.1, -0.05) is 11.6 Å². The fraction of sp³-hybridized carbons (Fsp3) is 0.286. The van der Waals surface area contributed by atoms with Gasteiger partial charge in [0, 0.05) is 22.1 Å². The van der Waals surface area contributed by atoms with E-state index in [1.54, 1.807) is 0 Å². The number of halogens is 1. The van der Waals surface area contributed by atoms with Crippen molar-refractivity contribution in [2.24, 2.45) is 0 Å². The number of aromatic nitrogens is 1. The molecule has 0 aliphatic rings. The van der Waals surface area contributed by atoms with Gasteiger partial charge in [-0.25, -0.2) is 0 Å². The smallest absolute Gasteiger partial charge is 0.0699 e.